The van der Waals surface area contributed by atoms with Crippen molar-refractivity contribution in [2.75, 3.05) is 58.1 Å². The van der Waals surface area contributed by atoms with E-state index < -0.39 is 92.5 Å². The Bertz CT molecular complexity index is 2620. The summed E-state index contributed by atoms with van der Waals surface area (Å²) in [5, 5.41) is 37.8. The predicted molar refractivity (Wildman–Crippen MR) is 244 cm³/mol. The Balaban J connectivity index is 1.45. The van der Waals surface area contributed by atoms with E-state index in [0.29, 0.717) is 5.56 Å². The van der Waals surface area contributed by atoms with E-state index in [4.69, 9.17) is 33.2 Å². The van der Waals surface area contributed by atoms with Crippen LogP contribution in [0.1, 0.15) is 57.9 Å². The first-order valence-electron chi connectivity index (χ1n) is 21.8. The first-order chi connectivity index (χ1) is 35.3. The maximum Gasteiger partial charge on any atom is 0.508 e. The molecule has 33 heteroatoms. The van der Waals surface area contributed by atoms with Gasteiger partial charge in [-0.05, 0) is 74.4 Å². The topological polar surface area (TPSA) is 406 Å². The lowest BCUT2D eigenvalue weighted by atomic mass is 9.86. The number of benzene rings is 2. The number of hydrogen-bond donors (Lipinski definition) is 1. The summed E-state index contributed by atoms with van der Waals surface area (Å²) < 4.78 is 68.7. The fourth-order valence-corrected chi connectivity index (χ4v) is 7.09. The van der Waals surface area contributed by atoms with Gasteiger partial charge in [-0.3, -0.25) is 4.72 Å². The average Bonchev–Trinajstić information content (AvgIpc) is 3.35. The third-order valence-corrected chi connectivity index (χ3v) is 11.0. The third-order valence-electron chi connectivity index (χ3n) is 9.63. The van der Waals surface area contributed by atoms with E-state index in [1.165, 1.54) is 55.9 Å². The molecule has 2 heterocycles. The Morgan fingerprint density at radius 2 is 1.20 bits per heavy atom. The summed E-state index contributed by atoms with van der Waals surface area (Å²) in [6, 6.07) is 13.4. The lowest BCUT2D eigenvalue weighted by Crippen LogP contribution is -2.27. The summed E-state index contributed by atoms with van der Waals surface area (Å²) in [4.78, 5) is 101. The molecular weight excluding hydrogens is 1020 g/mol. The molecule has 0 radical (unpaired) electrons. The van der Waals surface area contributed by atoms with Crippen molar-refractivity contribution in [1.29, 1.82) is 0 Å². The van der Waals surface area contributed by atoms with Crippen molar-refractivity contribution in [3.8, 4) is 34.8 Å². The van der Waals surface area contributed by atoms with Crippen molar-refractivity contribution in [2.45, 2.75) is 74.9 Å². The fourth-order valence-electron chi connectivity index (χ4n) is 6.08. The van der Waals surface area contributed by atoms with E-state index in [1.807, 2.05) is 0 Å². The van der Waals surface area contributed by atoms with Crippen molar-refractivity contribution in [2.24, 2.45) is 0 Å². The van der Waals surface area contributed by atoms with E-state index in [-0.39, 0.29) is 98.0 Å². The van der Waals surface area contributed by atoms with Gasteiger partial charge in [-0.2, -0.15) is 4.98 Å². The molecule has 2 atom stereocenters. The number of hydrogen-bond acceptors (Lipinski definition) is 27. The molecule has 0 aliphatic heterocycles. The monoisotopic (exact) mass is 1070 g/mol. The molecule has 0 saturated heterocycles. The SMILES string of the molecule is COc1ccccc1Oc1c(NS(=O)(=O)c2ccc(C(C)(C)COC(=O)OCCCCC(CO[N+](=O)[O-])O[N+](=O)[O-])cc2)nc(-c2ncccn2)nc1OCCOC(=O)OCCCCC(CO[N+](=O)[O-])O[N+](=O)[O-]. The number of carbonyl (C=O) groups is 2. The van der Waals surface area contributed by atoms with Gasteiger partial charge in [0.25, 0.3) is 36.2 Å². The van der Waals surface area contributed by atoms with Gasteiger partial charge in [0.1, 0.15) is 45.2 Å². The summed E-state index contributed by atoms with van der Waals surface area (Å²) in [5.74, 6) is -1.20. The Labute approximate surface area is 418 Å². The van der Waals surface area contributed by atoms with Crippen molar-refractivity contribution < 1.29 is 90.9 Å². The number of unbranched alkanes of at least 4 members (excludes halogenated alkanes) is 2. The molecule has 2 unspecified atom stereocenters. The molecule has 0 spiro atoms. The van der Waals surface area contributed by atoms with E-state index in [2.05, 4.69) is 44.0 Å². The van der Waals surface area contributed by atoms with E-state index >= 15 is 0 Å². The number of carbonyl (C=O) groups excluding carboxylic acids is 2. The van der Waals surface area contributed by atoms with Crippen LogP contribution in [0.2, 0.25) is 0 Å². The van der Waals surface area contributed by atoms with Crippen LogP contribution in [0.5, 0.6) is 23.1 Å². The molecule has 0 saturated carbocycles. The molecule has 1 N–H and O–H groups in total. The van der Waals surface area contributed by atoms with Crippen LogP contribution >= 0.6 is 0 Å². The third kappa shape index (κ3) is 20.1. The number of nitrogens with zero attached hydrogens (tertiary/aromatic N) is 8. The van der Waals surface area contributed by atoms with Crippen LogP contribution in [0, 0.1) is 40.5 Å². The van der Waals surface area contributed by atoms with Gasteiger partial charge in [0, 0.05) is 17.8 Å². The van der Waals surface area contributed by atoms with Crippen molar-refractivity contribution in [1.82, 2.24) is 19.9 Å². The highest BCUT2D eigenvalue weighted by molar-refractivity contribution is 7.92. The van der Waals surface area contributed by atoms with Crippen LogP contribution < -0.4 is 18.9 Å². The van der Waals surface area contributed by atoms with Gasteiger partial charge in [0.05, 0.1) is 25.2 Å². The highest BCUT2D eigenvalue weighted by Gasteiger charge is 2.28. The molecule has 2 aromatic heterocycles. The summed E-state index contributed by atoms with van der Waals surface area (Å²) in [6.45, 7) is 0.675. The Hall–Kier alpha value is -8.91. The Morgan fingerprint density at radius 1 is 0.662 bits per heavy atom. The molecule has 32 nitrogen and oxygen atoms in total. The predicted octanol–water partition coefficient (Wildman–Crippen LogP) is 5.41. The lowest BCUT2D eigenvalue weighted by molar-refractivity contribution is -0.790. The van der Waals surface area contributed by atoms with Gasteiger partial charge in [-0.15, -0.1) is 40.5 Å². The quantitative estimate of drug-likeness (QED) is 0.0264. The van der Waals surface area contributed by atoms with Crippen molar-refractivity contribution in [3.05, 3.63) is 113 Å². The van der Waals surface area contributed by atoms with E-state index in [1.54, 1.807) is 32.0 Å². The minimum absolute atomic E-state index is 0.00418. The number of rotatable bonds is 34. The molecule has 4 rings (SSSR count). The van der Waals surface area contributed by atoms with E-state index in [0.717, 1.165) is 0 Å². The molecule has 4 aromatic rings. The zero-order valence-corrected chi connectivity index (χ0v) is 40.4. The molecule has 2 aromatic carbocycles. The van der Waals surface area contributed by atoms with Gasteiger partial charge < -0.3 is 52.5 Å². The van der Waals surface area contributed by atoms with Gasteiger partial charge in [-0.1, -0.05) is 38.1 Å². The normalized spacial score (nSPS) is 11.9. The standard InChI is InChI=1S/C41H49N9O23S/c1-41(2,27-68-40(52)66-22-9-7-12-30(73-50(59)60)26-70-48(55)56)28-15-17-31(18-16-28)74(61,62)46-35-34(71-33-14-5-4-13-32(33)63-3)38(45-37(44-35)36-42-19-10-20-43-36)64-23-24-67-39(51)65-21-8-6-11-29(72-49(57)58)25-69-47(53)54/h4-5,10,13-20,29-30H,6-9,11-12,21-27H2,1-3H3,(H,44,45,46). The van der Waals surface area contributed by atoms with Gasteiger partial charge in [0.2, 0.25) is 11.6 Å². The zero-order valence-electron chi connectivity index (χ0n) is 39.6. The fraction of sp³-hybridized carbons (Fsp3) is 0.463. The smallest absolute Gasteiger partial charge is 0.493 e. The van der Waals surface area contributed by atoms with Crippen LogP contribution in [-0.4, -0.2) is 127 Å². The minimum Gasteiger partial charge on any atom is -0.493 e. The highest BCUT2D eigenvalue weighted by Crippen LogP contribution is 2.41. The maximum absolute atomic E-state index is 14.1. The highest BCUT2D eigenvalue weighted by atomic mass is 32.2. The van der Waals surface area contributed by atoms with Crippen molar-refractivity contribution in [3.63, 3.8) is 0 Å². The average molecular weight is 1070 g/mol. The Kier molecular flexibility index (Phi) is 22.5. The lowest BCUT2D eigenvalue weighted by Gasteiger charge is -2.25. The molecule has 402 valence electrons. The molecule has 74 heavy (non-hydrogen) atoms. The first-order valence-corrected chi connectivity index (χ1v) is 23.3. The number of nitrogens with one attached hydrogen (secondary N) is 1. The number of aromatic nitrogens is 4. The summed E-state index contributed by atoms with van der Waals surface area (Å²) in [5.41, 5.74) is -0.345. The second-order valence-electron chi connectivity index (χ2n) is 15.5. The van der Waals surface area contributed by atoms with Crippen LogP contribution in [0.15, 0.2) is 71.9 Å². The second-order valence-corrected chi connectivity index (χ2v) is 17.2. The summed E-state index contributed by atoms with van der Waals surface area (Å²) in [7, 11) is -3.16. The largest absolute Gasteiger partial charge is 0.508 e. The number of para-hydroxylation sites is 2. The minimum atomic E-state index is -4.53. The van der Waals surface area contributed by atoms with Crippen LogP contribution in [-0.2, 0) is 53.7 Å². The second kappa shape index (κ2) is 28.8. The molecule has 0 aliphatic rings. The number of sulfonamides is 1. The zero-order chi connectivity index (χ0) is 54.1. The Morgan fingerprint density at radius 3 is 1.74 bits per heavy atom. The molecule has 0 amide bonds. The summed E-state index contributed by atoms with van der Waals surface area (Å²) in [6.07, 6.45) is -1.07. The van der Waals surface area contributed by atoms with Crippen LogP contribution in [0.4, 0.5) is 15.4 Å². The summed E-state index contributed by atoms with van der Waals surface area (Å²) >= 11 is 0. The van der Waals surface area contributed by atoms with Gasteiger partial charge >= 0.3 is 12.3 Å². The maximum atomic E-state index is 14.1. The molecule has 0 fully saturated rings. The van der Waals surface area contributed by atoms with Gasteiger partial charge in [0.15, 0.2) is 23.1 Å². The first kappa shape index (κ1) is 57.7. The van der Waals surface area contributed by atoms with E-state index in [9.17, 15) is 58.5 Å². The number of methoxy groups -OCH3 is 1. The van der Waals surface area contributed by atoms with Crippen molar-refractivity contribution >= 4 is 28.2 Å². The molecule has 0 bridgehead atoms. The molecular formula is C41H49N9O23S. The molecule has 0 aliphatic carbocycles. The van der Waals surface area contributed by atoms with Gasteiger partial charge in [-0.25, -0.2) is 33.0 Å². The van der Waals surface area contributed by atoms with Crippen LogP contribution in [0.3, 0.4) is 0 Å². The van der Waals surface area contributed by atoms with Crippen LogP contribution in [0.25, 0.3) is 11.6 Å². The number of anilines is 1. The number of ether oxygens (including phenoxy) is 7.